The van der Waals surface area contributed by atoms with Gasteiger partial charge in [0.1, 0.15) is 6.54 Å². The van der Waals surface area contributed by atoms with Crippen LogP contribution in [0.1, 0.15) is 30.2 Å². The van der Waals surface area contributed by atoms with Gasteiger partial charge in [0.05, 0.1) is 23.4 Å². The highest BCUT2D eigenvalue weighted by Gasteiger charge is 2.56. The fourth-order valence-electron chi connectivity index (χ4n) is 4.41. The maximum absolute atomic E-state index is 14.0. The van der Waals surface area contributed by atoms with Crippen LogP contribution in [-0.2, 0) is 32.1 Å². The lowest BCUT2D eigenvalue weighted by Gasteiger charge is -2.25. The summed E-state index contributed by atoms with van der Waals surface area (Å²) in [5.41, 5.74) is 1.64. The van der Waals surface area contributed by atoms with Crippen molar-refractivity contribution in [2.24, 2.45) is 5.41 Å². The predicted octanol–water partition coefficient (Wildman–Crippen LogP) is 3.36. The summed E-state index contributed by atoms with van der Waals surface area (Å²) in [6, 6.07) is 16.4. The van der Waals surface area contributed by atoms with E-state index in [4.69, 9.17) is 11.2 Å². The predicted molar refractivity (Wildman–Crippen MR) is 134 cm³/mol. The fraction of sp³-hybridized carbons (Fsp3) is 0.250. The van der Waals surface area contributed by atoms with E-state index in [1.807, 2.05) is 37.3 Å². The Bertz CT molecular complexity index is 1370. The maximum Gasteiger partial charge on any atom is 0.327 e. The Hall–Kier alpha value is -4.51. The van der Waals surface area contributed by atoms with Crippen LogP contribution in [0.3, 0.4) is 0 Å². The zero-order valence-corrected chi connectivity index (χ0v) is 20.2. The SMILES string of the molecule is C#CC[C@]1(Cc2cn(CC(=O)OCC)nn2)C(=O)N(c2ccccc2)C(=O)/C1=C/c1cccc(C)c1. The van der Waals surface area contributed by atoms with Crippen molar-refractivity contribution in [1.82, 2.24) is 15.0 Å². The van der Waals surface area contributed by atoms with Gasteiger partial charge in [0, 0.05) is 24.6 Å². The molecule has 3 aromatic rings. The quantitative estimate of drug-likeness (QED) is 0.212. The molecule has 1 aliphatic rings. The number of hydrogen-bond acceptors (Lipinski definition) is 6. The summed E-state index contributed by atoms with van der Waals surface area (Å²) in [7, 11) is 0. The van der Waals surface area contributed by atoms with E-state index in [9.17, 15) is 14.4 Å². The molecule has 1 fully saturated rings. The Morgan fingerprint density at radius 1 is 1.17 bits per heavy atom. The van der Waals surface area contributed by atoms with Crippen LogP contribution >= 0.6 is 0 Å². The van der Waals surface area contributed by atoms with Crippen LogP contribution < -0.4 is 4.90 Å². The largest absolute Gasteiger partial charge is 0.465 e. The average molecular weight is 483 g/mol. The number of carbonyl (C=O) groups is 3. The molecule has 4 rings (SSSR count). The van der Waals surface area contributed by atoms with Gasteiger partial charge >= 0.3 is 5.97 Å². The monoisotopic (exact) mass is 482 g/mol. The molecule has 2 amide bonds. The average Bonchev–Trinajstić information content (AvgIpc) is 3.36. The molecule has 0 N–H and O–H groups in total. The number of para-hydroxylation sites is 1. The molecule has 1 aliphatic heterocycles. The van der Waals surface area contributed by atoms with Gasteiger partial charge in [-0.1, -0.05) is 53.2 Å². The molecule has 36 heavy (non-hydrogen) atoms. The first kappa shape index (κ1) is 24.6. The van der Waals surface area contributed by atoms with E-state index in [2.05, 4.69) is 16.2 Å². The van der Waals surface area contributed by atoms with E-state index in [1.54, 1.807) is 43.5 Å². The number of esters is 1. The number of hydrogen-bond donors (Lipinski definition) is 0. The van der Waals surface area contributed by atoms with E-state index in [0.717, 1.165) is 11.1 Å². The molecule has 182 valence electrons. The minimum atomic E-state index is -1.35. The van der Waals surface area contributed by atoms with Crippen LogP contribution in [0, 0.1) is 24.7 Å². The molecule has 1 saturated heterocycles. The van der Waals surface area contributed by atoms with Crippen LogP contribution in [0.4, 0.5) is 5.69 Å². The number of nitrogens with zero attached hydrogens (tertiary/aromatic N) is 4. The molecule has 1 atom stereocenters. The first-order chi connectivity index (χ1) is 17.4. The number of ether oxygens (including phenoxy) is 1. The molecule has 0 unspecified atom stereocenters. The summed E-state index contributed by atoms with van der Waals surface area (Å²) in [6.45, 7) is 3.82. The van der Waals surface area contributed by atoms with Crippen molar-refractivity contribution < 1.29 is 19.1 Å². The number of benzene rings is 2. The number of imide groups is 1. The van der Waals surface area contributed by atoms with Crippen molar-refractivity contribution in [2.45, 2.75) is 33.2 Å². The number of terminal acetylenes is 1. The minimum absolute atomic E-state index is 0.0106. The zero-order valence-electron chi connectivity index (χ0n) is 20.2. The van der Waals surface area contributed by atoms with E-state index in [1.165, 1.54) is 9.58 Å². The first-order valence-electron chi connectivity index (χ1n) is 11.6. The van der Waals surface area contributed by atoms with Gasteiger partial charge in [-0.2, -0.15) is 0 Å². The van der Waals surface area contributed by atoms with E-state index < -0.39 is 23.2 Å². The van der Waals surface area contributed by atoms with Crippen molar-refractivity contribution in [3.63, 3.8) is 0 Å². The van der Waals surface area contributed by atoms with Crippen molar-refractivity contribution in [3.05, 3.63) is 83.2 Å². The van der Waals surface area contributed by atoms with Crippen molar-refractivity contribution in [1.29, 1.82) is 0 Å². The molecule has 8 nitrogen and oxygen atoms in total. The van der Waals surface area contributed by atoms with E-state index in [0.29, 0.717) is 17.0 Å². The van der Waals surface area contributed by atoms with Gasteiger partial charge in [-0.15, -0.1) is 17.4 Å². The summed E-state index contributed by atoms with van der Waals surface area (Å²) in [4.78, 5) is 40.8. The van der Waals surface area contributed by atoms with Crippen LogP contribution in [0.5, 0.6) is 0 Å². The highest BCUT2D eigenvalue weighted by molar-refractivity contribution is 6.32. The number of anilines is 1. The molecule has 0 saturated carbocycles. The third-order valence-corrected chi connectivity index (χ3v) is 6.00. The Morgan fingerprint density at radius 3 is 2.64 bits per heavy atom. The Kier molecular flexibility index (Phi) is 7.11. The van der Waals surface area contributed by atoms with Crippen molar-refractivity contribution in [3.8, 4) is 12.3 Å². The normalized spacial score (nSPS) is 18.5. The lowest BCUT2D eigenvalue weighted by atomic mass is 9.74. The third-order valence-electron chi connectivity index (χ3n) is 6.00. The third kappa shape index (κ3) is 4.82. The van der Waals surface area contributed by atoms with Crippen LogP contribution in [0.2, 0.25) is 0 Å². The van der Waals surface area contributed by atoms with Gasteiger partial charge in [0.25, 0.3) is 5.91 Å². The Morgan fingerprint density at radius 2 is 1.94 bits per heavy atom. The van der Waals surface area contributed by atoms with Gasteiger partial charge in [-0.3, -0.25) is 14.4 Å². The standard InChI is InChI=1S/C28H26N4O4/c1-4-14-28(17-22-18-31(30-29-22)19-25(33)36-5-2)24(16-21-11-9-10-20(3)15-21)26(34)32(27(28)35)23-12-7-6-8-13-23/h1,6-13,15-16,18H,5,14,17,19H2,2-3H3/b24-16-/t28-/m1/s1. The molecule has 2 heterocycles. The molecule has 0 spiro atoms. The zero-order chi connectivity index (χ0) is 25.7. The molecule has 2 aromatic carbocycles. The molecule has 0 aliphatic carbocycles. The lowest BCUT2D eigenvalue weighted by molar-refractivity contribution is -0.144. The van der Waals surface area contributed by atoms with Crippen molar-refractivity contribution in [2.75, 3.05) is 11.5 Å². The Balaban J connectivity index is 1.80. The molecule has 0 radical (unpaired) electrons. The van der Waals surface area contributed by atoms with Gasteiger partial charge < -0.3 is 4.74 Å². The molecular formula is C28H26N4O4. The summed E-state index contributed by atoms with van der Waals surface area (Å²) >= 11 is 0. The van der Waals surface area contributed by atoms with Crippen LogP contribution in [0.15, 0.2) is 66.4 Å². The van der Waals surface area contributed by atoms with Gasteiger partial charge in [0.2, 0.25) is 5.91 Å². The summed E-state index contributed by atoms with van der Waals surface area (Å²) in [5.74, 6) is 1.31. The number of amides is 2. The van der Waals surface area contributed by atoms with Gasteiger partial charge in [-0.25, -0.2) is 9.58 Å². The number of aryl methyl sites for hydroxylation is 1. The van der Waals surface area contributed by atoms with Crippen LogP contribution in [0.25, 0.3) is 6.08 Å². The number of carbonyl (C=O) groups excluding carboxylic acids is 3. The Labute approximate surface area is 209 Å². The second-order valence-corrected chi connectivity index (χ2v) is 8.61. The smallest absolute Gasteiger partial charge is 0.327 e. The molecular weight excluding hydrogens is 456 g/mol. The molecule has 8 heteroatoms. The highest BCUT2D eigenvalue weighted by atomic mass is 16.5. The topological polar surface area (TPSA) is 94.4 Å². The maximum atomic E-state index is 14.0. The first-order valence-corrected chi connectivity index (χ1v) is 11.6. The number of aromatic nitrogens is 3. The van der Waals surface area contributed by atoms with Crippen molar-refractivity contribution >= 4 is 29.5 Å². The second-order valence-electron chi connectivity index (χ2n) is 8.61. The van der Waals surface area contributed by atoms with Gasteiger partial charge in [-0.05, 0) is 37.6 Å². The molecule has 1 aromatic heterocycles. The lowest BCUT2D eigenvalue weighted by Crippen LogP contribution is -2.37. The van der Waals surface area contributed by atoms with Gasteiger partial charge in [0.15, 0.2) is 0 Å². The van der Waals surface area contributed by atoms with E-state index >= 15 is 0 Å². The van der Waals surface area contributed by atoms with Crippen LogP contribution in [-0.4, -0.2) is 39.4 Å². The summed E-state index contributed by atoms with van der Waals surface area (Å²) in [6.07, 6.45) is 9.10. The number of rotatable bonds is 8. The fourth-order valence-corrected chi connectivity index (χ4v) is 4.41. The minimum Gasteiger partial charge on any atom is -0.465 e. The second kappa shape index (κ2) is 10.4. The molecule has 0 bridgehead atoms. The highest BCUT2D eigenvalue weighted by Crippen LogP contribution is 2.46. The summed E-state index contributed by atoms with van der Waals surface area (Å²) < 4.78 is 6.31. The van der Waals surface area contributed by atoms with E-state index in [-0.39, 0.29) is 26.0 Å². The summed E-state index contributed by atoms with van der Waals surface area (Å²) in [5, 5.41) is 8.16.